The summed E-state index contributed by atoms with van der Waals surface area (Å²) in [5.41, 5.74) is 0. The van der Waals surface area contributed by atoms with E-state index in [4.69, 9.17) is 0 Å². The number of hydrogen-bond acceptors (Lipinski definition) is 3. The molecular weight excluding hydrogens is 192 g/mol. The summed E-state index contributed by atoms with van der Waals surface area (Å²) in [6.45, 7) is 3.70. The lowest BCUT2D eigenvalue weighted by Crippen LogP contribution is -2.41. The Bertz CT molecular complexity index is 133. The molecule has 2 nitrogen and oxygen atoms in total. The van der Waals surface area contributed by atoms with E-state index in [0.717, 1.165) is 12.0 Å². The molecule has 2 N–H and O–H groups in total. The van der Waals surface area contributed by atoms with Gasteiger partial charge in [-0.3, -0.25) is 0 Å². The zero-order chi connectivity index (χ0) is 9.64. The summed E-state index contributed by atoms with van der Waals surface area (Å²) in [4.78, 5) is 0. The second-order valence-corrected chi connectivity index (χ2v) is 5.73. The van der Waals surface area contributed by atoms with Gasteiger partial charge in [0.15, 0.2) is 0 Å². The van der Waals surface area contributed by atoms with Crippen LogP contribution in [-0.4, -0.2) is 37.2 Å². The molecular formula is C11H22N2S. The predicted octanol–water partition coefficient (Wildman–Crippen LogP) is 1.47. The van der Waals surface area contributed by atoms with Crippen molar-refractivity contribution in [3.8, 4) is 0 Å². The molecule has 0 amide bonds. The van der Waals surface area contributed by atoms with Crippen LogP contribution in [0.2, 0.25) is 0 Å². The monoisotopic (exact) mass is 214 g/mol. The number of hydrogen-bond donors (Lipinski definition) is 2. The fourth-order valence-electron chi connectivity index (χ4n) is 2.33. The molecule has 82 valence electrons. The lowest BCUT2D eigenvalue weighted by Gasteiger charge is -2.27. The number of piperidine rings is 1. The minimum Gasteiger partial charge on any atom is -0.316 e. The van der Waals surface area contributed by atoms with E-state index in [1.54, 1.807) is 0 Å². The third kappa shape index (κ3) is 3.44. The van der Waals surface area contributed by atoms with Gasteiger partial charge in [-0.1, -0.05) is 0 Å². The summed E-state index contributed by atoms with van der Waals surface area (Å²) >= 11 is 2.11. The Labute approximate surface area is 91.6 Å². The minimum absolute atomic E-state index is 0.818. The number of thioether (sulfide) groups is 1. The summed E-state index contributed by atoms with van der Waals surface area (Å²) in [6, 6.07) is 0.818. The molecule has 0 aromatic rings. The smallest absolute Gasteiger partial charge is 0.00828 e. The maximum Gasteiger partial charge on any atom is 0.00828 e. The van der Waals surface area contributed by atoms with Crippen LogP contribution in [0.4, 0.5) is 0 Å². The van der Waals surface area contributed by atoms with Crippen LogP contribution in [0.5, 0.6) is 0 Å². The first-order valence-electron chi connectivity index (χ1n) is 5.97. The van der Waals surface area contributed by atoms with Gasteiger partial charge in [0.25, 0.3) is 0 Å². The Hall–Kier alpha value is 0.270. The molecule has 1 unspecified atom stereocenters. The molecule has 3 heteroatoms. The average molecular weight is 214 g/mol. The van der Waals surface area contributed by atoms with Crippen molar-refractivity contribution in [3.05, 3.63) is 0 Å². The molecule has 0 aromatic carbocycles. The first-order chi connectivity index (χ1) is 6.95. The van der Waals surface area contributed by atoms with Gasteiger partial charge in [0.2, 0.25) is 0 Å². The van der Waals surface area contributed by atoms with Crippen LogP contribution in [0, 0.1) is 5.92 Å². The van der Waals surface area contributed by atoms with Gasteiger partial charge in [-0.15, -0.1) is 0 Å². The first kappa shape index (κ1) is 10.8. The maximum atomic E-state index is 3.74. The van der Waals surface area contributed by atoms with Gasteiger partial charge in [0, 0.05) is 6.04 Å². The molecule has 0 spiro atoms. The molecule has 2 aliphatic heterocycles. The zero-order valence-corrected chi connectivity index (χ0v) is 9.74. The predicted molar refractivity (Wildman–Crippen MR) is 63.9 cm³/mol. The molecule has 0 aliphatic carbocycles. The molecule has 1 atom stereocenters. The van der Waals surface area contributed by atoms with Crippen LogP contribution in [0.15, 0.2) is 0 Å². The number of nitrogens with one attached hydrogen (secondary N) is 2. The van der Waals surface area contributed by atoms with Crippen molar-refractivity contribution in [1.82, 2.24) is 10.6 Å². The lowest BCUT2D eigenvalue weighted by atomic mass is 9.99. The second-order valence-electron chi connectivity index (χ2n) is 4.51. The highest BCUT2D eigenvalue weighted by atomic mass is 32.2. The van der Waals surface area contributed by atoms with Crippen molar-refractivity contribution >= 4 is 11.8 Å². The topological polar surface area (TPSA) is 24.1 Å². The first-order valence-corrected chi connectivity index (χ1v) is 7.12. The van der Waals surface area contributed by atoms with Crippen LogP contribution >= 0.6 is 11.8 Å². The zero-order valence-electron chi connectivity index (χ0n) is 8.93. The van der Waals surface area contributed by atoms with E-state index < -0.39 is 0 Å². The Balaban J connectivity index is 1.60. The Kier molecular flexibility index (Phi) is 4.61. The van der Waals surface area contributed by atoms with Crippen molar-refractivity contribution < 1.29 is 0 Å². The molecule has 0 aromatic heterocycles. The molecule has 2 rings (SSSR count). The van der Waals surface area contributed by atoms with E-state index in [-0.39, 0.29) is 0 Å². The summed E-state index contributed by atoms with van der Waals surface area (Å²) in [5, 5.41) is 7.22. The molecule has 0 saturated carbocycles. The van der Waals surface area contributed by atoms with Crippen molar-refractivity contribution in [2.24, 2.45) is 5.92 Å². The summed E-state index contributed by atoms with van der Waals surface area (Å²) in [5.74, 6) is 3.61. The van der Waals surface area contributed by atoms with E-state index in [0.29, 0.717) is 0 Å². The highest BCUT2D eigenvalue weighted by Crippen LogP contribution is 2.17. The van der Waals surface area contributed by atoms with E-state index in [1.807, 2.05) is 0 Å². The SMILES string of the molecule is C1CNCC(CNC2CCSCC2)C1. The summed E-state index contributed by atoms with van der Waals surface area (Å²) in [7, 11) is 0. The van der Waals surface area contributed by atoms with Crippen LogP contribution in [0.1, 0.15) is 25.7 Å². The Morgan fingerprint density at radius 2 is 2.07 bits per heavy atom. The maximum absolute atomic E-state index is 3.74. The van der Waals surface area contributed by atoms with E-state index >= 15 is 0 Å². The fraction of sp³-hybridized carbons (Fsp3) is 1.00. The van der Waals surface area contributed by atoms with Gasteiger partial charge in [-0.25, -0.2) is 0 Å². The highest BCUT2D eigenvalue weighted by Gasteiger charge is 2.16. The van der Waals surface area contributed by atoms with Crippen LogP contribution in [0.25, 0.3) is 0 Å². The van der Waals surface area contributed by atoms with Crippen molar-refractivity contribution in [3.63, 3.8) is 0 Å². The standard InChI is InChI=1S/C11H22N2S/c1-2-10(8-12-5-1)9-13-11-3-6-14-7-4-11/h10-13H,1-9H2. The summed E-state index contributed by atoms with van der Waals surface area (Å²) in [6.07, 6.45) is 5.55. The van der Waals surface area contributed by atoms with Gasteiger partial charge < -0.3 is 10.6 Å². The molecule has 0 radical (unpaired) electrons. The van der Waals surface area contributed by atoms with Crippen LogP contribution in [0.3, 0.4) is 0 Å². The van der Waals surface area contributed by atoms with Crippen LogP contribution in [-0.2, 0) is 0 Å². The third-order valence-electron chi connectivity index (χ3n) is 3.32. The van der Waals surface area contributed by atoms with Crippen molar-refractivity contribution in [1.29, 1.82) is 0 Å². The molecule has 2 aliphatic rings. The average Bonchev–Trinajstić information content (AvgIpc) is 2.29. The largest absolute Gasteiger partial charge is 0.316 e. The van der Waals surface area contributed by atoms with E-state index in [2.05, 4.69) is 22.4 Å². The Morgan fingerprint density at radius 3 is 2.79 bits per heavy atom. The van der Waals surface area contributed by atoms with Crippen molar-refractivity contribution in [2.45, 2.75) is 31.7 Å². The number of rotatable bonds is 3. The van der Waals surface area contributed by atoms with E-state index in [1.165, 1.54) is 56.8 Å². The van der Waals surface area contributed by atoms with Gasteiger partial charge >= 0.3 is 0 Å². The quantitative estimate of drug-likeness (QED) is 0.744. The fourth-order valence-corrected chi connectivity index (χ4v) is 3.44. The van der Waals surface area contributed by atoms with Gasteiger partial charge in [0.1, 0.15) is 0 Å². The second kappa shape index (κ2) is 5.99. The van der Waals surface area contributed by atoms with Crippen LogP contribution < -0.4 is 10.6 Å². The molecule has 2 saturated heterocycles. The molecule has 14 heavy (non-hydrogen) atoms. The Morgan fingerprint density at radius 1 is 1.21 bits per heavy atom. The van der Waals surface area contributed by atoms with Crippen molar-refractivity contribution in [2.75, 3.05) is 31.1 Å². The molecule has 0 bridgehead atoms. The van der Waals surface area contributed by atoms with Gasteiger partial charge in [-0.05, 0) is 62.7 Å². The minimum atomic E-state index is 0.818. The molecule has 2 heterocycles. The van der Waals surface area contributed by atoms with E-state index in [9.17, 15) is 0 Å². The summed E-state index contributed by atoms with van der Waals surface area (Å²) < 4.78 is 0. The lowest BCUT2D eigenvalue weighted by molar-refractivity contribution is 0.337. The molecule has 2 fully saturated rings. The van der Waals surface area contributed by atoms with Gasteiger partial charge in [0.05, 0.1) is 0 Å². The highest BCUT2D eigenvalue weighted by molar-refractivity contribution is 7.99. The van der Waals surface area contributed by atoms with Gasteiger partial charge in [-0.2, -0.15) is 11.8 Å². The third-order valence-corrected chi connectivity index (χ3v) is 4.36. The normalized spacial score (nSPS) is 30.4.